The summed E-state index contributed by atoms with van der Waals surface area (Å²) in [4.78, 5) is 12.5. The summed E-state index contributed by atoms with van der Waals surface area (Å²) in [6.07, 6.45) is 35.5. The number of nitrogens with one attached hydrogen (secondary N) is 1. The zero-order valence-corrected chi connectivity index (χ0v) is 32.3. The van der Waals surface area contributed by atoms with Gasteiger partial charge in [0.05, 0.1) is 24.9 Å². The molecule has 5 atom stereocenters. The molecule has 6 N–H and O–H groups in total. The Kier molecular flexibility index (Phi) is 36.0. The average Bonchev–Trinajstić information content (AvgIpc) is 3.11. The van der Waals surface area contributed by atoms with Crippen molar-refractivity contribution in [3.05, 3.63) is 12.2 Å². The van der Waals surface area contributed by atoms with Crippen LogP contribution >= 0.6 is 0 Å². The Morgan fingerprint density at radius 2 is 0.816 bits per heavy atom. The van der Waals surface area contributed by atoms with E-state index < -0.39 is 43.0 Å². The maximum Gasteiger partial charge on any atom is 0.251 e. The highest BCUT2D eigenvalue weighted by atomic mass is 16.3. The molecule has 0 saturated heterocycles. The van der Waals surface area contributed by atoms with Crippen LogP contribution in [0.4, 0.5) is 0 Å². The van der Waals surface area contributed by atoms with Crippen LogP contribution < -0.4 is 5.32 Å². The van der Waals surface area contributed by atoms with E-state index in [1.807, 2.05) is 0 Å². The SMILES string of the molecule is CCCCCCCCCC=CCCCCC[C@@H](O)[C@@H](O)[C@H](CO)NC(=O)[C@H](O)[C@H](O)CCCCCCCCCCCCCCCCCCC. The van der Waals surface area contributed by atoms with Gasteiger partial charge in [-0.3, -0.25) is 4.79 Å². The number of aliphatic hydroxyl groups is 5. The van der Waals surface area contributed by atoms with Gasteiger partial charge in [0.25, 0.3) is 5.91 Å². The lowest BCUT2D eigenvalue weighted by atomic mass is 9.99. The van der Waals surface area contributed by atoms with Gasteiger partial charge in [0, 0.05) is 0 Å². The van der Waals surface area contributed by atoms with E-state index in [4.69, 9.17) is 0 Å². The lowest BCUT2D eigenvalue weighted by Crippen LogP contribution is -2.54. The fourth-order valence-electron chi connectivity index (χ4n) is 6.60. The smallest absolute Gasteiger partial charge is 0.251 e. The molecule has 0 rings (SSSR count). The topological polar surface area (TPSA) is 130 Å². The monoisotopic (exact) mass is 698 g/mol. The first kappa shape index (κ1) is 48.0. The highest BCUT2D eigenvalue weighted by Crippen LogP contribution is 2.16. The summed E-state index contributed by atoms with van der Waals surface area (Å²) in [5, 5.41) is 53.8. The first-order valence-corrected chi connectivity index (χ1v) is 21.2. The van der Waals surface area contributed by atoms with E-state index in [0.717, 1.165) is 51.4 Å². The summed E-state index contributed by atoms with van der Waals surface area (Å²) in [5.74, 6) is -0.840. The van der Waals surface area contributed by atoms with Gasteiger partial charge in [-0.2, -0.15) is 0 Å². The second-order valence-electron chi connectivity index (χ2n) is 14.8. The molecule has 0 aromatic rings. The van der Waals surface area contributed by atoms with E-state index in [-0.39, 0.29) is 0 Å². The number of aliphatic hydroxyl groups excluding tert-OH is 5. The van der Waals surface area contributed by atoms with Crippen LogP contribution in [0.5, 0.6) is 0 Å². The number of hydrogen-bond acceptors (Lipinski definition) is 6. The van der Waals surface area contributed by atoms with Gasteiger partial charge in [-0.05, 0) is 38.5 Å². The van der Waals surface area contributed by atoms with Crippen LogP contribution in [0.2, 0.25) is 0 Å². The number of amides is 1. The van der Waals surface area contributed by atoms with E-state index in [2.05, 4.69) is 31.3 Å². The fourth-order valence-corrected chi connectivity index (χ4v) is 6.60. The maximum atomic E-state index is 12.5. The van der Waals surface area contributed by atoms with Gasteiger partial charge in [0.2, 0.25) is 0 Å². The van der Waals surface area contributed by atoms with E-state index >= 15 is 0 Å². The number of carbonyl (C=O) groups excluding carboxylic acids is 1. The largest absolute Gasteiger partial charge is 0.394 e. The van der Waals surface area contributed by atoms with E-state index in [0.29, 0.717) is 12.8 Å². The minimum Gasteiger partial charge on any atom is -0.394 e. The van der Waals surface area contributed by atoms with Gasteiger partial charge in [-0.25, -0.2) is 0 Å². The molecule has 0 heterocycles. The van der Waals surface area contributed by atoms with Crippen molar-refractivity contribution in [3.8, 4) is 0 Å². The molecule has 0 radical (unpaired) electrons. The Morgan fingerprint density at radius 3 is 1.20 bits per heavy atom. The van der Waals surface area contributed by atoms with Crippen molar-refractivity contribution in [2.24, 2.45) is 0 Å². The molecule has 0 bridgehead atoms. The van der Waals surface area contributed by atoms with Crippen molar-refractivity contribution in [1.82, 2.24) is 5.32 Å². The Balaban J connectivity index is 3.88. The summed E-state index contributed by atoms with van der Waals surface area (Å²) < 4.78 is 0. The number of hydrogen-bond donors (Lipinski definition) is 6. The van der Waals surface area contributed by atoms with Gasteiger partial charge in [-0.15, -0.1) is 0 Å². The Bertz CT molecular complexity index is 719. The van der Waals surface area contributed by atoms with Gasteiger partial charge >= 0.3 is 0 Å². The third-order valence-electron chi connectivity index (χ3n) is 10.1. The van der Waals surface area contributed by atoms with Gasteiger partial charge < -0.3 is 30.8 Å². The number of rotatable bonds is 38. The third-order valence-corrected chi connectivity index (χ3v) is 10.1. The van der Waals surface area contributed by atoms with Gasteiger partial charge in [0.15, 0.2) is 6.10 Å². The van der Waals surface area contributed by atoms with E-state index in [1.54, 1.807) is 0 Å². The lowest BCUT2D eigenvalue weighted by Gasteiger charge is -2.28. The van der Waals surface area contributed by atoms with Crippen LogP contribution in [-0.2, 0) is 4.79 Å². The molecule has 0 unspecified atom stereocenters. The molecule has 0 aliphatic rings. The normalized spacial score (nSPS) is 15.0. The predicted octanol–water partition coefficient (Wildman–Crippen LogP) is 9.60. The molecule has 0 aliphatic heterocycles. The van der Waals surface area contributed by atoms with Crippen LogP contribution in [-0.4, -0.2) is 68.5 Å². The molecule has 7 heteroatoms. The fraction of sp³-hybridized carbons (Fsp3) is 0.929. The van der Waals surface area contributed by atoms with Crippen LogP contribution in [0.3, 0.4) is 0 Å². The van der Waals surface area contributed by atoms with Crippen molar-refractivity contribution in [2.45, 2.75) is 243 Å². The molecule has 1 amide bonds. The highest BCUT2D eigenvalue weighted by molar-refractivity contribution is 5.81. The molecular weight excluding hydrogens is 614 g/mol. The molecule has 7 nitrogen and oxygen atoms in total. The second-order valence-corrected chi connectivity index (χ2v) is 14.8. The zero-order valence-electron chi connectivity index (χ0n) is 32.3. The quantitative estimate of drug-likeness (QED) is 0.0282. The molecule has 0 aromatic heterocycles. The van der Waals surface area contributed by atoms with E-state index in [9.17, 15) is 30.3 Å². The molecule has 0 fully saturated rings. The van der Waals surface area contributed by atoms with Crippen LogP contribution in [0.1, 0.15) is 213 Å². The third kappa shape index (κ3) is 30.4. The second kappa shape index (κ2) is 36.8. The standard InChI is InChI=1S/C42H83NO6/c1-3-5-7-9-11-13-15-17-19-20-21-23-25-27-29-31-33-35-39(46)41(48)42(49)43-37(36-44)40(47)38(45)34-32-30-28-26-24-22-18-16-14-12-10-8-6-4-2/h22,24,37-41,44-48H,3-21,23,25-36H2,1-2H3,(H,43,49)/t37-,38+,39+,40-,41+/m0/s1. The molecule has 0 saturated carbocycles. The summed E-state index contributed by atoms with van der Waals surface area (Å²) in [6.45, 7) is 3.94. The minimum absolute atomic E-state index is 0.316. The number of carbonyl (C=O) groups is 1. The van der Waals surface area contributed by atoms with Crippen LogP contribution in [0.15, 0.2) is 12.2 Å². The number of allylic oxidation sites excluding steroid dienone is 2. The zero-order chi connectivity index (χ0) is 36.2. The van der Waals surface area contributed by atoms with Crippen molar-refractivity contribution >= 4 is 5.91 Å². The first-order chi connectivity index (χ1) is 23.9. The van der Waals surface area contributed by atoms with Gasteiger partial charge in [0.1, 0.15) is 6.10 Å². The Labute approximate surface area is 303 Å². The summed E-state index contributed by atoms with van der Waals surface area (Å²) in [6, 6.07) is -1.11. The van der Waals surface area contributed by atoms with Crippen molar-refractivity contribution in [2.75, 3.05) is 6.61 Å². The van der Waals surface area contributed by atoms with Gasteiger partial charge in [-0.1, -0.05) is 187 Å². The van der Waals surface area contributed by atoms with Crippen molar-refractivity contribution < 1.29 is 30.3 Å². The predicted molar refractivity (Wildman–Crippen MR) is 207 cm³/mol. The molecule has 0 aromatic carbocycles. The van der Waals surface area contributed by atoms with Crippen molar-refractivity contribution in [1.29, 1.82) is 0 Å². The number of unbranched alkanes of at least 4 members (excludes halogenated alkanes) is 26. The first-order valence-electron chi connectivity index (χ1n) is 21.2. The molecule has 0 spiro atoms. The molecular formula is C42H83NO6. The Hall–Kier alpha value is -0.990. The lowest BCUT2D eigenvalue weighted by molar-refractivity contribution is -0.138. The average molecular weight is 698 g/mol. The Morgan fingerprint density at radius 1 is 0.490 bits per heavy atom. The molecule has 0 aliphatic carbocycles. The maximum absolute atomic E-state index is 12.5. The summed E-state index contributed by atoms with van der Waals surface area (Å²) in [7, 11) is 0. The summed E-state index contributed by atoms with van der Waals surface area (Å²) >= 11 is 0. The summed E-state index contributed by atoms with van der Waals surface area (Å²) in [5.41, 5.74) is 0. The minimum atomic E-state index is -1.64. The molecule has 292 valence electrons. The van der Waals surface area contributed by atoms with E-state index in [1.165, 1.54) is 135 Å². The van der Waals surface area contributed by atoms with Crippen LogP contribution in [0, 0.1) is 0 Å². The highest BCUT2D eigenvalue weighted by Gasteiger charge is 2.31. The molecule has 49 heavy (non-hydrogen) atoms. The van der Waals surface area contributed by atoms with Crippen molar-refractivity contribution in [3.63, 3.8) is 0 Å². The van der Waals surface area contributed by atoms with Crippen LogP contribution in [0.25, 0.3) is 0 Å².